The molecule has 146 valence electrons. The van der Waals surface area contributed by atoms with Gasteiger partial charge < -0.3 is 15.2 Å². The van der Waals surface area contributed by atoms with Crippen molar-refractivity contribution in [2.45, 2.75) is 39.4 Å². The van der Waals surface area contributed by atoms with Crippen LogP contribution in [0.15, 0.2) is 35.7 Å². The molecule has 4 rings (SSSR count). The van der Waals surface area contributed by atoms with Crippen LogP contribution in [-0.4, -0.2) is 37.1 Å². The van der Waals surface area contributed by atoms with E-state index in [1.54, 1.807) is 10.3 Å². The Morgan fingerprint density at radius 1 is 1.25 bits per heavy atom. The molecule has 0 spiro atoms. The van der Waals surface area contributed by atoms with E-state index in [4.69, 9.17) is 5.73 Å². The van der Waals surface area contributed by atoms with Crippen LogP contribution in [0.4, 0.5) is 0 Å². The van der Waals surface area contributed by atoms with E-state index in [9.17, 15) is 4.79 Å². The summed E-state index contributed by atoms with van der Waals surface area (Å²) in [4.78, 5) is 19.3. The van der Waals surface area contributed by atoms with Crippen molar-refractivity contribution in [2.75, 3.05) is 6.54 Å². The molecule has 0 unspecified atom stereocenters. The quantitative estimate of drug-likeness (QED) is 0.731. The van der Waals surface area contributed by atoms with Gasteiger partial charge in [-0.05, 0) is 12.8 Å². The summed E-state index contributed by atoms with van der Waals surface area (Å²) in [5.41, 5.74) is 7.66. The first-order valence-electron chi connectivity index (χ1n) is 9.45. The Labute approximate surface area is 168 Å². The van der Waals surface area contributed by atoms with Gasteiger partial charge in [-0.15, -0.1) is 21.5 Å². The lowest BCUT2D eigenvalue weighted by atomic mass is 10.1. The van der Waals surface area contributed by atoms with E-state index in [0.29, 0.717) is 18.8 Å². The zero-order valence-electron chi connectivity index (χ0n) is 16.2. The number of nitrogens with two attached hydrogens (primary N) is 1. The van der Waals surface area contributed by atoms with Gasteiger partial charge in [-0.25, -0.2) is 4.98 Å². The van der Waals surface area contributed by atoms with Crippen LogP contribution in [0, 0.1) is 5.92 Å². The topological polar surface area (TPSA) is 89.9 Å². The highest BCUT2D eigenvalue weighted by molar-refractivity contribution is 7.09. The highest BCUT2D eigenvalue weighted by Crippen LogP contribution is 2.29. The number of hydrogen-bond donors (Lipinski definition) is 1. The van der Waals surface area contributed by atoms with Gasteiger partial charge in [-0.2, -0.15) is 0 Å². The molecule has 0 saturated carbocycles. The van der Waals surface area contributed by atoms with Crippen LogP contribution in [0.2, 0.25) is 0 Å². The predicted molar refractivity (Wildman–Crippen MR) is 109 cm³/mol. The molecule has 1 amide bonds. The normalized spacial score (nSPS) is 17.6. The Balaban J connectivity index is 1.57. The fraction of sp³-hybridized carbons (Fsp3) is 0.400. The monoisotopic (exact) mass is 396 g/mol. The lowest BCUT2D eigenvalue weighted by Gasteiger charge is -2.32. The highest BCUT2D eigenvalue weighted by atomic mass is 32.1. The Hall–Kier alpha value is -2.58. The number of thiazole rings is 1. The standard InChI is InChI=1S/C20H24N6OS/c1-12(2)17(21)19-22-15(11-28-19)20(27)25-9-13(3)26-16(10-25)23-24-18(26)14-7-5-4-6-8-14/h4-8,11-13,17H,9-10,21H2,1-3H3/t13-,17-/m0/s1. The van der Waals surface area contributed by atoms with Crippen molar-refractivity contribution in [1.29, 1.82) is 0 Å². The number of aromatic nitrogens is 4. The van der Waals surface area contributed by atoms with Gasteiger partial charge in [-0.1, -0.05) is 44.2 Å². The number of rotatable bonds is 4. The predicted octanol–water partition coefficient (Wildman–Crippen LogP) is 3.27. The summed E-state index contributed by atoms with van der Waals surface area (Å²) in [6.45, 7) is 7.20. The lowest BCUT2D eigenvalue weighted by Crippen LogP contribution is -2.40. The smallest absolute Gasteiger partial charge is 0.273 e. The molecule has 0 aliphatic carbocycles. The van der Waals surface area contributed by atoms with E-state index in [2.05, 4.69) is 40.5 Å². The first-order chi connectivity index (χ1) is 13.5. The Morgan fingerprint density at radius 2 is 2.00 bits per heavy atom. The molecule has 1 aromatic carbocycles. The number of nitrogens with zero attached hydrogens (tertiary/aromatic N) is 5. The maximum absolute atomic E-state index is 13.0. The van der Waals surface area contributed by atoms with Gasteiger partial charge in [-0.3, -0.25) is 4.79 Å². The number of carbonyl (C=O) groups excluding carboxylic acids is 1. The summed E-state index contributed by atoms with van der Waals surface area (Å²) in [6, 6.07) is 9.93. The van der Waals surface area contributed by atoms with Crippen LogP contribution in [-0.2, 0) is 6.54 Å². The van der Waals surface area contributed by atoms with E-state index in [1.165, 1.54) is 11.3 Å². The molecule has 28 heavy (non-hydrogen) atoms. The van der Waals surface area contributed by atoms with Gasteiger partial charge in [0.2, 0.25) is 0 Å². The largest absolute Gasteiger partial charge is 0.328 e. The molecule has 3 aromatic rings. The van der Waals surface area contributed by atoms with Crippen molar-refractivity contribution < 1.29 is 4.79 Å². The molecule has 2 N–H and O–H groups in total. The van der Waals surface area contributed by atoms with E-state index >= 15 is 0 Å². The lowest BCUT2D eigenvalue weighted by molar-refractivity contribution is 0.0676. The summed E-state index contributed by atoms with van der Waals surface area (Å²) in [5.74, 6) is 1.83. The number of amides is 1. The van der Waals surface area contributed by atoms with Crippen molar-refractivity contribution in [1.82, 2.24) is 24.6 Å². The maximum Gasteiger partial charge on any atom is 0.273 e. The molecule has 0 radical (unpaired) electrons. The van der Waals surface area contributed by atoms with Crippen LogP contribution in [0.5, 0.6) is 0 Å². The molecular formula is C20H24N6OS. The molecule has 7 nitrogen and oxygen atoms in total. The number of hydrogen-bond acceptors (Lipinski definition) is 6. The molecule has 1 aliphatic heterocycles. The van der Waals surface area contributed by atoms with E-state index in [-0.39, 0.29) is 23.9 Å². The number of benzene rings is 1. The molecular weight excluding hydrogens is 372 g/mol. The minimum absolute atomic E-state index is 0.0777. The summed E-state index contributed by atoms with van der Waals surface area (Å²) >= 11 is 1.45. The molecule has 3 heterocycles. The molecule has 1 aliphatic rings. The Bertz CT molecular complexity index is 980. The van der Waals surface area contributed by atoms with Crippen molar-refractivity contribution in [3.63, 3.8) is 0 Å². The molecule has 2 aromatic heterocycles. The summed E-state index contributed by atoms with van der Waals surface area (Å²) in [7, 11) is 0. The third-order valence-electron chi connectivity index (χ3n) is 5.09. The van der Waals surface area contributed by atoms with E-state index in [0.717, 1.165) is 22.2 Å². The first kappa shape index (κ1) is 18.8. The zero-order valence-corrected chi connectivity index (χ0v) is 17.1. The van der Waals surface area contributed by atoms with Gasteiger partial charge in [0.15, 0.2) is 11.6 Å². The van der Waals surface area contributed by atoms with Crippen LogP contribution in [0.3, 0.4) is 0 Å². The minimum atomic E-state index is -0.150. The zero-order chi connectivity index (χ0) is 19.8. The van der Waals surface area contributed by atoms with Crippen molar-refractivity contribution in [3.8, 4) is 11.4 Å². The molecule has 0 saturated heterocycles. The van der Waals surface area contributed by atoms with Crippen molar-refractivity contribution in [3.05, 3.63) is 52.2 Å². The van der Waals surface area contributed by atoms with Crippen LogP contribution in [0.1, 0.15) is 54.2 Å². The van der Waals surface area contributed by atoms with Crippen LogP contribution in [0.25, 0.3) is 11.4 Å². The highest BCUT2D eigenvalue weighted by Gasteiger charge is 2.31. The Morgan fingerprint density at radius 3 is 2.71 bits per heavy atom. The fourth-order valence-electron chi connectivity index (χ4n) is 3.46. The molecule has 0 bridgehead atoms. The van der Waals surface area contributed by atoms with Gasteiger partial charge in [0, 0.05) is 17.5 Å². The van der Waals surface area contributed by atoms with Gasteiger partial charge in [0.05, 0.1) is 18.6 Å². The molecule has 0 fully saturated rings. The average molecular weight is 397 g/mol. The second-order valence-electron chi connectivity index (χ2n) is 7.55. The summed E-state index contributed by atoms with van der Waals surface area (Å²) in [5, 5.41) is 11.3. The molecule has 8 heteroatoms. The summed E-state index contributed by atoms with van der Waals surface area (Å²) in [6.07, 6.45) is 0. The van der Waals surface area contributed by atoms with Crippen molar-refractivity contribution >= 4 is 17.2 Å². The number of fused-ring (bicyclic) bond motifs is 1. The molecule has 2 atom stereocenters. The fourth-order valence-corrected chi connectivity index (χ4v) is 4.42. The SMILES string of the molecule is CC(C)[C@H](N)c1nc(C(=O)N2Cc3nnc(-c4ccccc4)n3[C@@H](C)C2)cs1. The average Bonchev–Trinajstić information content (AvgIpc) is 3.35. The van der Waals surface area contributed by atoms with Gasteiger partial charge >= 0.3 is 0 Å². The second kappa shape index (κ2) is 7.44. The second-order valence-corrected chi connectivity index (χ2v) is 8.44. The van der Waals surface area contributed by atoms with Crippen LogP contribution >= 0.6 is 11.3 Å². The number of carbonyl (C=O) groups is 1. The first-order valence-corrected chi connectivity index (χ1v) is 10.3. The van der Waals surface area contributed by atoms with Gasteiger partial charge in [0.1, 0.15) is 10.7 Å². The van der Waals surface area contributed by atoms with Crippen molar-refractivity contribution in [2.24, 2.45) is 11.7 Å². The maximum atomic E-state index is 13.0. The van der Waals surface area contributed by atoms with E-state index < -0.39 is 0 Å². The van der Waals surface area contributed by atoms with Crippen LogP contribution < -0.4 is 5.73 Å². The third-order valence-corrected chi connectivity index (χ3v) is 6.03. The van der Waals surface area contributed by atoms with E-state index in [1.807, 2.05) is 30.3 Å². The third kappa shape index (κ3) is 3.33. The summed E-state index contributed by atoms with van der Waals surface area (Å²) < 4.78 is 2.13. The Kier molecular flexibility index (Phi) is 4.99. The van der Waals surface area contributed by atoms with Gasteiger partial charge in [0.25, 0.3) is 5.91 Å². The minimum Gasteiger partial charge on any atom is -0.328 e.